The molecule has 6 nitrogen and oxygen atoms in total. The summed E-state index contributed by atoms with van der Waals surface area (Å²) in [6.07, 6.45) is 2.37. The molecule has 2 saturated heterocycles. The minimum absolute atomic E-state index is 0.157. The van der Waals surface area contributed by atoms with Crippen LogP contribution in [0.15, 0.2) is 72.8 Å². The zero-order chi connectivity index (χ0) is 29.4. The number of nitrogens with zero attached hydrogens (tertiary/aromatic N) is 2. The Bertz CT molecular complexity index is 1470. The van der Waals surface area contributed by atoms with Crippen molar-refractivity contribution in [2.45, 2.75) is 44.2 Å². The Morgan fingerprint density at radius 1 is 0.810 bits per heavy atom. The summed E-state index contributed by atoms with van der Waals surface area (Å²) < 4.78 is 28.3. The van der Waals surface area contributed by atoms with Crippen molar-refractivity contribution in [3.63, 3.8) is 0 Å². The number of likely N-dealkylation sites (tertiary alicyclic amines) is 1. The smallest absolute Gasteiger partial charge is 0.246 e. The van der Waals surface area contributed by atoms with Crippen molar-refractivity contribution < 1.29 is 23.2 Å². The molecule has 2 heterocycles. The van der Waals surface area contributed by atoms with Gasteiger partial charge in [0.1, 0.15) is 17.7 Å². The van der Waals surface area contributed by atoms with Crippen molar-refractivity contribution >= 4 is 17.6 Å². The number of carbonyl (C=O) groups excluding carboxylic acids is 3. The van der Waals surface area contributed by atoms with Crippen LogP contribution in [0.1, 0.15) is 58.3 Å². The summed E-state index contributed by atoms with van der Waals surface area (Å²) in [5, 5.41) is 3.27. The highest BCUT2D eigenvalue weighted by atomic mass is 19.1. The van der Waals surface area contributed by atoms with Crippen molar-refractivity contribution in [1.82, 2.24) is 15.1 Å². The molecule has 42 heavy (non-hydrogen) atoms. The van der Waals surface area contributed by atoms with Gasteiger partial charge in [0.25, 0.3) is 0 Å². The minimum Gasteiger partial charge on any atom is -0.338 e. The number of Topliss-reactive ketones (excluding diaryl/α,β-unsaturated/α-hetero) is 1. The van der Waals surface area contributed by atoms with Crippen LogP contribution in [0.25, 0.3) is 0 Å². The largest absolute Gasteiger partial charge is 0.338 e. The van der Waals surface area contributed by atoms with Gasteiger partial charge in [-0.25, -0.2) is 8.78 Å². The van der Waals surface area contributed by atoms with Gasteiger partial charge in [-0.05, 0) is 61.2 Å². The van der Waals surface area contributed by atoms with Crippen LogP contribution in [-0.4, -0.2) is 59.6 Å². The maximum atomic E-state index is 14.6. The quantitative estimate of drug-likeness (QED) is 0.421. The van der Waals surface area contributed by atoms with Gasteiger partial charge in [0.2, 0.25) is 11.8 Å². The van der Waals surface area contributed by atoms with E-state index in [-0.39, 0.29) is 23.5 Å². The molecule has 0 radical (unpaired) electrons. The van der Waals surface area contributed by atoms with E-state index in [1.54, 1.807) is 40.1 Å². The average molecular weight is 572 g/mol. The van der Waals surface area contributed by atoms with Gasteiger partial charge in [-0.3, -0.25) is 14.4 Å². The Balaban J connectivity index is 1.58. The van der Waals surface area contributed by atoms with Crippen molar-refractivity contribution in [3.8, 4) is 0 Å². The molecule has 218 valence electrons. The Morgan fingerprint density at radius 3 is 2.00 bits per heavy atom. The number of piperazine rings is 1. The first-order valence-electron chi connectivity index (χ1n) is 14.8. The normalized spacial score (nSPS) is 24.4. The monoisotopic (exact) mass is 571 g/mol. The van der Waals surface area contributed by atoms with E-state index in [0.717, 1.165) is 24.8 Å². The fraction of sp³-hybridized carbons (Fsp3) is 0.382. The predicted octanol–water partition coefficient (Wildman–Crippen LogP) is 5.04. The highest BCUT2D eigenvalue weighted by Gasteiger charge is 2.59. The Kier molecular flexibility index (Phi) is 7.90. The van der Waals surface area contributed by atoms with E-state index in [2.05, 4.69) is 5.32 Å². The highest BCUT2D eigenvalue weighted by molar-refractivity contribution is 6.02. The van der Waals surface area contributed by atoms with Crippen LogP contribution in [0.2, 0.25) is 0 Å². The first kappa shape index (κ1) is 28.2. The summed E-state index contributed by atoms with van der Waals surface area (Å²) >= 11 is 0. The van der Waals surface area contributed by atoms with E-state index in [1.165, 1.54) is 24.3 Å². The first-order chi connectivity index (χ1) is 20.3. The molecule has 2 aliphatic heterocycles. The molecule has 1 aliphatic carbocycles. The summed E-state index contributed by atoms with van der Waals surface area (Å²) in [5.74, 6) is -3.28. The van der Waals surface area contributed by atoms with Gasteiger partial charge in [0.05, 0.1) is 12.0 Å². The maximum absolute atomic E-state index is 14.6. The van der Waals surface area contributed by atoms with E-state index >= 15 is 0 Å². The van der Waals surface area contributed by atoms with Crippen LogP contribution in [0.5, 0.6) is 0 Å². The van der Waals surface area contributed by atoms with Gasteiger partial charge in [0, 0.05) is 43.6 Å². The van der Waals surface area contributed by atoms with Crippen molar-refractivity contribution in [3.05, 3.63) is 107 Å². The number of rotatable bonds is 6. The third-order valence-corrected chi connectivity index (χ3v) is 9.13. The van der Waals surface area contributed by atoms with E-state index in [0.29, 0.717) is 42.9 Å². The lowest BCUT2D eigenvalue weighted by atomic mass is 9.75. The molecule has 4 atom stereocenters. The van der Waals surface area contributed by atoms with E-state index in [1.807, 2.05) is 25.1 Å². The molecule has 0 aromatic heterocycles. The van der Waals surface area contributed by atoms with Gasteiger partial charge in [-0.2, -0.15) is 0 Å². The van der Waals surface area contributed by atoms with Crippen LogP contribution in [-0.2, 0) is 9.59 Å². The molecular formula is C34H35F2N3O3. The third-order valence-electron chi connectivity index (χ3n) is 9.13. The standard InChI is InChI=1S/C34H35F2N3O3/c1-21-4-2-7-25(20-21)32(40)29-28(22-8-12-26(35)13-9-22)31(34(42)38-18-16-37-17-19-38)39(33(41)24-5-3-6-24)30(29)23-10-14-27(36)15-11-23/h2,4,7-15,20,24,28-31,37H,3,5-6,16-19H2,1H3. The summed E-state index contributed by atoms with van der Waals surface area (Å²) in [7, 11) is 0. The molecule has 3 aliphatic rings. The van der Waals surface area contributed by atoms with Crippen LogP contribution >= 0.6 is 0 Å². The number of carbonyl (C=O) groups is 3. The first-order valence-corrected chi connectivity index (χ1v) is 14.8. The number of halogens is 2. The van der Waals surface area contributed by atoms with E-state index < -0.39 is 35.6 Å². The fourth-order valence-corrected chi connectivity index (χ4v) is 6.80. The SMILES string of the molecule is Cc1cccc(C(=O)C2C(c3ccc(F)cc3)C(C(=O)N3CCNCC3)N(C(=O)C3CCC3)C2c2ccc(F)cc2)c1. The van der Waals surface area contributed by atoms with Gasteiger partial charge >= 0.3 is 0 Å². The second kappa shape index (κ2) is 11.8. The highest BCUT2D eigenvalue weighted by Crippen LogP contribution is 2.53. The van der Waals surface area contributed by atoms with E-state index in [4.69, 9.17) is 0 Å². The van der Waals surface area contributed by atoms with Gasteiger partial charge in [-0.15, -0.1) is 0 Å². The number of amides is 2. The molecule has 8 heteroatoms. The van der Waals surface area contributed by atoms with Gasteiger partial charge in [-0.1, -0.05) is 54.4 Å². The maximum Gasteiger partial charge on any atom is 0.246 e. The Labute approximate surface area is 244 Å². The number of nitrogens with one attached hydrogen (secondary N) is 1. The molecule has 4 unspecified atom stereocenters. The molecule has 3 aromatic rings. The molecule has 0 bridgehead atoms. The fourth-order valence-electron chi connectivity index (χ4n) is 6.80. The third kappa shape index (κ3) is 5.24. The van der Waals surface area contributed by atoms with Crippen molar-refractivity contribution in [2.75, 3.05) is 26.2 Å². The summed E-state index contributed by atoms with van der Waals surface area (Å²) in [4.78, 5) is 47.0. The Hall–Kier alpha value is -3.91. The number of hydrogen-bond acceptors (Lipinski definition) is 4. The zero-order valence-electron chi connectivity index (χ0n) is 23.6. The molecule has 1 N–H and O–H groups in total. The molecule has 3 fully saturated rings. The van der Waals surface area contributed by atoms with Crippen LogP contribution in [0.3, 0.4) is 0 Å². The predicted molar refractivity (Wildman–Crippen MR) is 155 cm³/mol. The second-order valence-corrected chi connectivity index (χ2v) is 11.7. The van der Waals surface area contributed by atoms with Crippen molar-refractivity contribution in [1.29, 1.82) is 0 Å². The lowest BCUT2D eigenvalue weighted by Gasteiger charge is -2.39. The lowest BCUT2D eigenvalue weighted by molar-refractivity contribution is -0.150. The van der Waals surface area contributed by atoms with Crippen LogP contribution < -0.4 is 5.32 Å². The number of ketones is 1. The molecule has 6 rings (SSSR count). The number of hydrogen-bond donors (Lipinski definition) is 1. The average Bonchev–Trinajstić information content (AvgIpc) is 3.33. The zero-order valence-corrected chi connectivity index (χ0v) is 23.6. The minimum atomic E-state index is -0.976. The van der Waals surface area contributed by atoms with Gasteiger partial charge < -0.3 is 15.1 Å². The second-order valence-electron chi connectivity index (χ2n) is 11.7. The van der Waals surface area contributed by atoms with Gasteiger partial charge in [0.15, 0.2) is 5.78 Å². The molecule has 0 spiro atoms. The van der Waals surface area contributed by atoms with E-state index in [9.17, 15) is 23.2 Å². The molecule has 1 saturated carbocycles. The van der Waals surface area contributed by atoms with Crippen LogP contribution in [0, 0.1) is 30.4 Å². The molecular weight excluding hydrogens is 536 g/mol. The molecule has 3 aromatic carbocycles. The number of benzene rings is 3. The van der Waals surface area contributed by atoms with Crippen molar-refractivity contribution in [2.24, 2.45) is 11.8 Å². The molecule has 2 amide bonds. The number of aryl methyl sites for hydroxylation is 1. The summed E-state index contributed by atoms with van der Waals surface area (Å²) in [6, 6.07) is 17.3. The summed E-state index contributed by atoms with van der Waals surface area (Å²) in [6.45, 7) is 4.12. The lowest BCUT2D eigenvalue weighted by Crippen LogP contribution is -2.56. The van der Waals surface area contributed by atoms with Crippen LogP contribution in [0.4, 0.5) is 8.78 Å². The summed E-state index contributed by atoms with van der Waals surface area (Å²) in [5.41, 5.74) is 2.60. The Morgan fingerprint density at radius 2 is 1.43 bits per heavy atom. The topological polar surface area (TPSA) is 69.7 Å².